The van der Waals surface area contributed by atoms with E-state index in [9.17, 15) is 0 Å². The fraction of sp³-hybridized carbons (Fsp3) is 0.0385. The van der Waals surface area contributed by atoms with Gasteiger partial charge in [-0.3, -0.25) is 4.57 Å². The maximum absolute atomic E-state index is 6.00. The van der Waals surface area contributed by atoms with Gasteiger partial charge in [-0.1, -0.05) is 42.5 Å². The summed E-state index contributed by atoms with van der Waals surface area (Å²) < 4.78 is 8.32. The number of furan rings is 1. The maximum atomic E-state index is 6.00. The zero-order valence-corrected chi connectivity index (χ0v) is 16.8. The minimum Gasteiger partial charge on any atom is -0.456 e. The van der Waals surface area contributed by atoms with E-state index < -0.39 is 0 Å². The van der Waals surface area contributed by atoms with E-state index in [1.807, 2.05) is 23.9 Å². The van der Waals surface area contributed by atoms with Gasteiger partial charge in [-0.25, -0.2) is 4.98 Å². The van der Waals surface area contributed by atoms with E-state index in [4.69, 9.17) is 9.40 Å². The Morgan fingerprint density at radius 1 is 0.767 bits per heavy atom. The van der Waals surface area contributed by atoms with Crippen molar-refractivity contribution < 1.29 is 4.42 Å². The van der Waals surface area contributed by atoms with Crippen molar-refractivity contribution in [1.29, 1.82) is 0 Å². The summed E-state index contributed by atoms with van der Waals surface area (Å²) >= 11 is 1.86. The lowest BCUT2D eigenvalue weighted by Gasteiger charge is -2.20. The molecule has 0 N–H and O–H groups in total. The Hall–Kier alpha value is -3.50. The summed E-state index contributed by atoms with van der Waals surface area (Å²) in [6.07, 6.45) is 0. The van der Waals surface area contributed by atoms with Gasteiger partial charge in [-0.05, 0) is 53.6 Å². The Kier molecular flexibility index (Phi) is 3.26. The molecule has 7 rings (SSSR count). The first kappa shape index (κ1) is 16.3. The van der Waals surface area contributed by atoms with Crippen molar-refractivity contribution in [1.82, 2.24) is 9.55 Å². The summed E-state index contributed by atoms with van der Waals surface area (Å²) in [6, 6.07) is 29.8. The predicted octanol–water partition coefficient (Wildman–Crippen LogP) is 7.20. The number of hydrogen-bond acceptors (Lipinski definition) is 3. The third-order valence-electron chi connectivity index (χ3n) is 5.90. The number of imidazole rings is 1. The maximum Gasteiger partial charge on any atom is 0.135 e. The van der Waals surface area contributed by atoms with Crippen molar-refractivity contribution in [2.24, 2.45) is 0 Å². The van der Waals surface area contributed by atoms with Crippen LogP contribution in [-0.2, 0) is 5.75 Å². The van der Waals surface area contributed by atoms with E-state index in [0.29, 0.717) is 0 Å². The molecule has 0 radical (unpaired) electrons. The van der Waals surface area contributed by atoms with Crippen LogP contribution >= 0.6 is 11.8 Å². The van der Waals surface area contributed by atoms with Crippen LogP contribution < -0.4 is 0 Å². The van der Waals surface area contributed by atoms with E-state index in [1.165, 1.54) is 27.2 Å². The summed E-state index contributed by atoms with van der Waals surface area (Å²) in [7, 11) is 0. The number of aromatic nitrogens is 2. The van der Waals surface area contributed by atoms with Crippen molar-refractivity contribution in [2.75, 3.05) is 0 Å². The summed E-state index contributed by atoms with van der Waals surface area (Å²) in [5.41, 5.74) is 7.69. The van der Waals surface area contributed by atoms with Crippen LogP contribution in [0.1, 0.15) is 5.82 Å². The molecule has 1 aliphatic rings. The van der Waals surface area contributed by atoms with E-state index >= 15 is 0 Å². The molecule has 0 atom stereocenters. The fourth-order valence-electron chi connectivity index (χ4n) is 4.48. The van der Waals surface area contributed by atoms with Crippen LogP contribution in [0.2, 0.25) is 0 Å². The lowest BCUT2D eigenvalue weighted by molar-refractivity contribution is 0.669. The Balaban J connectivity index is 1.45. The molecule has 6 aromatic rings. The molecule has 3 heterocycles. The van der Waals surface area contributed by atoms with Crippen LogP contribution in [0.3, 0.4) is 0 Å². The van der Waals surface area contributed by atoms with Crippen LogP contribution in [-0.4, -0.2) is 9.55 Å². The number of nitrogens with zero attached hydrogens (tertiary/aromatic N) is 2. The molecule has 0 saturated carbocycles. The number of benzene rings is 4. The van der Waals surface area contributed by atoms with Gasteiger partial charge in [0.2, 0.25) is 0 Å². The molecule has 3 nitrogen and oxygen atoms in total. The molecule has 0 bridgehead atoms. The van der Waals surface area contributed by atoms with E-state index in [0.717, 1.165) is 39.0 Å². The molecule has 0 spiro atoms. The Morgan fingerprint density at radius 2 is 1.57 bits per heavy atom. The van der Waals surface area contributed by atoms with Crippen molar-refractivity contribution in [3.8, 4) is 16.8 Å². The molecule has 0 amide bonds. The summed E-state index contributed by atoms with van der Waals surface area (Å²) in [5, 5.41) is 2.31. The molecule has 4 heteroatoms. The molecule has 2 aromatic heterocycles. The highest BCUT2D eigenvalue weighted by atomic mass is 32.2. The molecular weight excluding hydrogens is 388 g/mol. The van der Waals surface area contributed by atoms with Crippen LogP contribution in [0.4, 0.5) is 0 Å². The number of para-hydroxylation sites is 3. The van der Waals surface area contributed by atoms with Crippen LogP contribution in [0, 0.1) is 0 Å². The number of fused-ring (bicyclic) bond motifs is 8. The van der Waals surface area contributed by atoms with Crippen molar-refractivity contribution in [3.05, 3.63) is 90.8 Å². The van der Waals surface area contributed by atoms with Gasteiger partial charge >= 0.3 is 0 Å². The van der Waals surface area contributed by atoms with Gasteiger partial charge in [-0.2, -0.15) is 0 Å². The zero-order valence-electron chi connectivity index (χ0n) is 16.0. The lowest BCUT2D eigenvalue weighted by Crippen LogP contribution is -2.06. The van der Waals surface area contributed by atoms with E-state index in [1.54, 1.807) is 0 Å². The largest absolute Gasteiger partial charge is 0.456 e. The highest BCUT2D eigenvalue weighted by Gasteiger charge is 2.21. The van der Waals surface area contributed by atoms with Gasteiger partial charge in [-0.15, -0.1) is 11.8 Å². The second kappa shape index (κ2) is 6.00. The van der Waals surface area contributed by atoms with Gasteiger partial charge in [0.1, 0.15) is 17.0 Å². The Bertz CT molecular complexity index is 1610. The summed E-state index contributed by atoms with van der Waals surface area (Å²) in [4.78, 5) is 6.15. The smallest absolute Gasteiger partial charge is 0.135 e. The van der Waals surface area contributed by atoms with E-state index in [2.05, 4.69) is 77.4 Å². The zero-order chi connectivity index (χ0) is 19.7. The molecule has 1 aliphatic heterocycles. The third-order valence-corrected chi connectivity index (χ3v) is 6.96. The monoisotopic (exact) mass is 404 g/mol. The van der Waals surface area contributed by atoms with Crippen LogP contribution in [0.15, 0.2) is 94.2 Å². The summed E-state index contributed by atoms with van der Waals surface area (Å²) in [5.74, 6) is 2.01. The van der Waals surface area contributed by atoms with Gasteiger partial charge in [0.25, 0.3) is 0 Å². The lowest BCUT2D eigenvalue weighted by atomic mass is 10.0. The molecule has 0 saturated heterocycles. The summed E-state index contributed by atoms with van der Waals surface area (Å²) in [6.45, 7) is 0. The minimum absolute atomic E-state index is 0.897. The van der Waals surface area contributed by atoms with Gasteiger partial charge < -0.3 is 4.42 Å². The van der Waals surface area contributed by atoms with Crippen molar-refractivity contribution >= 4 is 44.7 Å². The predicted molar refractivity (Wildman–Crippen MR) is 123 cm³/mol. The fourth-order valence-corrected chi connectivity index (χ4v) is 5.42. The highest BCUT2D eigenvalue weighted by molar-refractivity contribution is 7.98. The molecular formula is C26H16N2OS. The first-order valence-electron chi connectivity index (χ1n) is 10.0. The van der Waals surface area contributed by atoms with Crippen molar-refractivity contribution in [3.63, 3.8) is 0 Å². The first-order valence-corrected chi connectivity index (χ1v) is 11.0. The molecule has 0 aliphatic carbocycles. The minimum atomic E-state index is 0.897. The molecule has 0 fully saturated rings. The normalized spacial score (nSPS) is 13.1. The average molecular weight is 404 g/mol. The highest BCUT2D eigenvalue weighted by Crippen LogP contribution is 2.40. The van der Waals surface area contributed by atoms with Gasteiger partial charge in [0, 0.05) is 15.7 Å². The van der Waals surface area contributed by atoms with Crippen LogP contribution in [0.5, 0.6) is 0 Å². The molecule has 142 valence electrons. The van der Waals surface area contributed by atoms with Crippen molar-refractivity contribution in [2.45, 2.75) is 10.6 Å². The first-order chi connectivity index (χ1) is 14.8. The Morgan fingerprint density at radius 3 is 2.57 bits per heavy atom. The number of rotatable bonds is 1. The topological polar surface area (TPSA) is 31.0 Å². The Labute approximate surface area is 177 Å². The second-order valence-corrected chi connectivity index (χ2v) is 8.65. The number of hydrogen-bond donors (Lipinski definition) is 0. The van der Waals surface area contributed by atoms with E-state index in [-0.39, 0.29) is 0 Å². The van der Waals surface area contributed by atoms with Gasteiger partial charge in [0.05, 0.1) is 22.5 Å². The molecule has 0 unspecified atom stereocenters. The SMILES string of the molecule is c1ccc2c(c1)nc1n2-c2cc(-c3ccc4oc5ccccc5c4c3)ccc2SC1. The van der Waals surface area contributed by atoms with Crippen LogP contribution in [0.25, 0.3) is 49.8 Å². The average Bonchev–Trinajstić information content (AvgIpc) is 3.36. The standard InChI is InChI=1S/C26H16N2OS/c1-4-8-23-18(5-1)19-13-16(9-11-24(19)29-23)17-10-12-25-22(14-17)28-21-7-3-2-6-20(21)27-26(28)15-30-25/h1-14H,15H2. The quantitative estimate of drug-likeness (QED) is 0.290. The number of thioether (sulfide) groups is 1. The third kappa shape index (κ3) is 2.25. The second-order valence-electron chi connectivity index (χ2n) is 7.63. The molecule has 4 aromatic carbocycles. The van der Waals surface area contributed by atoms with Gasteiger partial charge in [0.15, 0.2) is 0 Å². The molecule has 30 heavy (non-hydrogen) atoms.